The first-order chi connectivity index (χ1) is 21.9. The van der Waals surface area contributed by atoms with Crippen LogP contribution >= 0.6 is 0 Å². The van der Waals surface area contributed by atoms with Crippen LogP contribution in [0.4, 0.5) is 0 Å². The fourth-order valence-corrected chi connectivity index (χ4v) is 8.60. The summed E-state index contributed by atoms with van der Waals surface area (Å²) in [5.74, 6) is 0. The summed E-state index contributed by atoms with van der Waals surface area (Å²) in [6.45, 7) is 0. The molecule has 0 amide bonds. The first-order valence-electron chi connectivity index (χ1n) is 15.5. The topological polar surface area (TPSA) is 0 Å². The Hall–Kier alpha value is -5.72. The van der Waals surface area contributed by atoms with Gasteiger partial charge in [-0.1, -0.05) is 146 Å². The van der Waals surface area contributed by atoms with E-state index in [1.54, 1.807) is 0 Å². The molecule has 0 atom stereocenters. The zero-order valence-corrected chi connectivity index (χ0v) is 23.9. The third-order valence-electron chi connectivity index (χ3n) is 10.3. The molecule has 0 saturated heterocycles. The van der Waals surface area contributed by atoms with Crippen molar-refractivity contribution in [1.82, 2.24) is 0 Å². The monoisotopic (exact) mass is 552 g/mol. The third kappa shape index (κ3) is 2.66. The average molecular weight is 553 g/mol. The smallest absolute Gasteiger partial charge is 0.000740 e. The summed E-state index contributed by atoms with van der Waals surface area (Å²) in [5.41, 5.74) is 13.2. The Morgan fingerprint density at radius 3 is 1.14 bits per heavy atom. The Morgan fingerprint density at radius 1 is 0.250 bits per heavy atom. The summed E-state index contributed by atoms with van der Waals surface area (Å²) in [4.78, 5) is 0. The summed E-state index contributed by atoms with van der Waals surface area (Å²) in [6, 6.07) is 50.0. The summed E-state index contributed by atoms with van der Waals surface area (Å²) in [5, 5.41) is 13.6. The van der Waals surface area contributed by atoms with Gasteiger partial charge in [0.2, 0.25) is 0 Å². The zero-order chi connectivity index (χ0) is 28.5. The molecule has 0 unspecified atom stereocenters. The Kier molecular flexibility index (Phi) is 4.15. The van der Waals surface area contributed by atoms with Crippen molar-refractivity contribution < 1.29 is 0 Å². The molecule has 200 valence electrons. The van der Waals surface area contributed by atoms with Gasteiger partial charge in [-0.2, -0.15) is 0 Å². The number of rotatable bonds is 2. The standard InChI is InChI=1S/C44H24/c1-3-9-25(10-4-1)38-29-13-7-8-14-30(29)39(26-11-5-2-6-12-26)44-36-24-22-34-32-20-18-28-16-15-27-17-19-31(40(32)37(27)28)33-21-23-35(43(38)44)42(36)41(33)34/h1-24H. The van der Waals surface area contributed by atoms with Crippen LogP contribution in [0.25, 0.3) is 111 Å². The van der Waals surface area contributed by atoms with E-state index < -0.39 is 0 Å². The highest BCUT2D eigenvalue weighted by Crippen LogP contribution is 2.59. The van der Waals surface area contributed by atoms with Crippen molar-refractivity contribution in [3.05, 3.63) is 145 Å². The van der Waals surface area contributed by atoms with Gasteiger partial charge in [-0.25, -0.2) is 0 Å². The van der Waals surface area contributed by atoms with E-state index in [0.717, 1.165) is 0 Å². The molecule has 2 aliphatic carbocycles. The van der Waals surface area contributed by atoms with Gasteiger partial charge in [0.25, 0.3) is 0 Å². The lowest BCUT2D eigenvalue weighted by atomic mass is 9.82. The molecule has 0 saturated carbocycles. The third-order valence-corrected chi connectivity index (χ3v) is 10.3. The highest BCUT2D eigenvalue weighted by molar-refractivity contribution is 6.40. The van der Waals surface area contributed by atoms with Gasteiger partial charge in [0, 0.05) is 0 Å². The normalized spacial score (nSPS) is 12.9. The Bertz CT molecular complexity index is 2550. The van der Waals surface area contributed by atoms with Gasteiger partial charge >= 0.3 is 0 Å². The molecule has 44 heavy (non-hydrogen) atoms. The molecule has 0 heteroatoms. The van der Waals surface area contributed by atoms with Crippen LogP contribution in [0.3, 0.4) is 0 Å². The van der Waals surface area contributed by atoms with Crippen LogP contribution in [0.2, 0.25) is 0 Å². The molecule has 0 aromatic heterocycles. The molecule has 0 bridgehead atoms. The number of hydrogen-bond donors (Lipinski definition) is 0. The molecule has 9 aromatic carbocycles. The fraction of sp³-hybridized carbons (Fsp3) is 0. The van der Waals surface area contributed by atoms with Crippen molar-refractivity contribution in [1.29, 1.82) is 0 Å². The minimum atomic E-state index is 1.26. The fourth-order valence-electron chi connectivity index (χ4n) is 8.60. The predicted molar refractivity (Wildman–Crippen MR) is 189 cm³/mol. The van der Waals surface area contributed by atoms with Crippen molar-refractivity contribution in [2.45, 2.75) is 0 Å². The van der Waals surface area contributed by atoms with Crippen molar-refractivity contribution in [3.8, 4) is 44.5 Å². The number of benzene rings is 9. The summed E-state index contributed by atoms with van der Waals surface area (Å²) < 4.78 is 0. The second-order valence-corrected chi connectivity index (χ2v) is 12.3. The average Bonchev–Trinajstić information content (AvgIpc) is 3.67. The lowest BCUT2D eigenvalue weighted by Crippen LogP contribution is -1.93. The summed E-state index contributed by atoms with van der Waals surface area (Å²) in [7, 11) is 0. The van der Waals surface area contributed by atoms with E-state index in [1.165, 1.54) is 109 Å². The minimum Gasteiger partial charge on any atom is -0.0622 e. The second-order valence-electron chi connectivity index (χ2n) is 12.3. The summed E-state index contributed by atoms with van der Waals surface area (Å²) in [6.07, 6.45) is 4.53. The molecule has 0 fully saturated rings. The second kappa shape index (κ2) is 8.01. The first kappa shape index (κ1) is 22.8. The van der Waals surface area contributed by atoms with Gasteiger partial charge in [-0.3, -0.25) is 0 Å². The maximum absolute atomic E-state index is 2.42. The Morgan fingerprint density at radius 2 is 0.659 bits per heavy atom. The van der Waals surface area contributed by atoms with Gasteiger partial charge < -0.3 is 0 Å². The molecule has 0 nitrogen and oxygen atoms in total. The van der Waals surface area contributed by atoms with E-state index in [4.69, 9.17) is 0 Å². The molecule has 0 heterocycles. The highest BCUT2D eigenvalue weighted by Gasteiger charge is 2.32. The lowest BCUT2D eigenvalue weighted by Gasteiger charge is -2.20. The van der Waals surface area contributed by atoms with E-state index in [-0.39, 0.29) is 0 Å². The minimum absolute atomic E-state index is 1.26. The van der Waals surface area contributed by atoms with Crippen LogP contribution in [0.5, 0.6) is 0 Å². The number of hydrogen-bond acceptors (Lipinski definition) is 0. The van der Waals surface area contributed by atoms with Crippen molar-refractivity contribution >= 4 is 66.0 Å². The van der Waals surface area contributed by atoms with Crippen LogP contribution < -0.4 is 0 Å². The maximum atomic E-state index is 2.42. The molecule has 0 aliphatic heterocycles. The van der Waals surface area contributed by atoms with Crippen LogP contribution in [0.15, 0.2) is 133 Å². The molecule has 0 spiro atoms. The molecular formula is C44H24. The molecule has 9 aromatic rings. The molecule has 11 rings (SSSR count). The number of fused-ring (bicyclic) bond motifs is 6. The van der Waals surface area contributed by atoms with Crippen LogP contribution in [-0.2, 0) is 0 Å². The van der Waals surface area contributed by atoms with Crippen molar-refractivity contribution in [3.63, 3.8) is 0 Å². The van der Waals surface area contributed by atoms with Gasteiger partial charge in [-0.15, -0.1) is 0 Å². The largest absolute Gasteiger partial charge is 0.0622 e. The van der Waals surface area contributed by atoms with Gasteiger partial charge in [0.1, 0.15) is 0 Å². The quantitative estimate of drug-likeness (QED) is 0.148. The SMILES string of the molecule is C1=Cc2ccc3c4ccc5c6c(ccc(c7ccc1c2c73)c64)-c1c-5c(-c2ccccc2)c2ccccc2c1-c1ccccc1. The predicted octanol–water partition coefficient (Wildman–Crippen LogP) is 12.4. The van der Waals surface area contributed by atoms with Crippen molar-refractivity contribution in [2.24, 2.45) is 0 Å². The van der Waals surface area contributed by atoms with E-state index in [2.05, 4.69) is 146 Å². The lowest BCUT2D eigenvalue weighted by molar-refractivity contribution is 1.62. The maximum Gasteiger partial charge on any atom is -0.000740 e. The van der Waals surface area contributed by atoms with E-state index in [9.17, 15) is 0 Å². The van der Waals surface area contributed by atoms with Gasteiger partial charge in [-0.05, 0) is 109 Å². The summed E-state index contributed by atoms with van der Waals surface area (Å²) >= 11 is 0. The van der Waals surface area contributed by atoms with E-state index in [0.29, 0.717) is 0 Å². The van der Waals surface area contributed by atoms with Crippen LogP contribution in [0.1, 0.15) is 11.1 Å². The molecular weight excluding hydrogens is 528 g/mol. The molecule has 2 aliphatic rings. The van der Waals surface area contributed by atoms with E-state index >= 15 is 0 Å². The van der Waals surface area contributed by atoms with E-state index in [1.807, 2.05) is 0 Å². The molecule has 0 radical (unpaired) electrons. The van der Waals surface area contributed by atoms with Gasteiger partial charge in [0.05, 0.1) is 0 Å². The Labute approximate surface area is 254 Å². The van der Waals surface area contributed by atoms with Crippen LogP contribution in [-0.4, -0.2) is 0 Å². The molecule has 0 N–H and O–H groups in total. The van der Waals surface area contributed by atoms with Crippen molar-refractivity contribution in [2.75, 3.05) is 0 Å². The highest BCUT2D eigenvalue weighted by atomic mass is 14.3. The zero-order valence-electron chi connectivity index (χ0n) is 23.9. The van der Waals surface area contributed by atoms with Gasteiger partial charge in [0.15, 0.2) is 0 Å². The first-order valence-corrected chi connectivity index (χ1v) is 15.5. The van der Waals surface area contributed by atoms with Crippen LogP contribution in [0, 0.1) is 0 Å². The Balaban J connectivity index is 1.39.